The van der Waals surface area contributed by atoms with E-state index in [4.69, 9.17) is 4.74 Å². The Morgan fingerprint density at radius 3 is 3.05 bits per heavy atom. The van der Waals surface area contributed by atoms with Crippen LogP contribution in [0, 0.1) is 12.8 Å². The van der Waals surface area contributed by atoms with Crippen LogP contribution in [0.3, 0.4) is 0 Å². The Kier molecular flexibility index (Phi) is 3.74. The molecule has 4 heteroatoms. The fraction of sp³-hybridized carbons (Fsp3) is 0.438. The number of hydrogen-bond acceptors (Lipinski definition) is 3. The third-order valence-corrected chi connectivity index (χ3v) is 3.99. The first-order chi connectivity index (χ1) is 9.78. The molecule has 2 aromatic rings. The largest absolute Gasteiger partial charge is 0.496 e. The fourth-order valence-electron chi connectivity index (χ4n) is 2.88. The lowest BCUT2D eigenvalue weighted by Crippen LogP contribution is -2.14. The predicted octanol–water partition coefficient (Wildman–Crippen LogP) is 2.48. The summed E-state index contributed by atoms with van der Waals surface area (Å²) >= 11 is 0. The normalized spacial score (nSPS) is 18.4. The average molecular weight is 271 g/mol. The topological polar surface area (TPSA) is 39.1 Å². The first-order valence-corrected chi connectivity index (χ1v) is 7.15. The van der Waals surface area contributed by atoms with Crippen molar-refractivity contribution in [3.63, 3.8) is 0 Å². The molecule has 3 rings (SSSR count). The zero-order valence-electron chi connectivity index (χ0n) is 12.1. The van der Waals surface area contributed by atoms with Gasteiger partial charge in [0.25, 0.3) is 0 Å². The molecule has 1 aliphatic heterocycles. The minimum absolute atomic E-state index is 0.710. The number of nitrogens with one attached hydrogen (secondary N) is 1. The van der Waals surface area contributed by atoms with Gasteiger partial charge in [0, 0.05) is 24.5 Å². The van der Waals surface area contributed by atoms with E-state index in [1.165, 1.54) is 6.42 Å². The highest BCUT2D eigenvalue weighted by Gasteiger charge is 2.17. The fourth-order valence-corrected chi connectivity index (χ4v) is 2.88. The van der Waals surface area contributed by atoms with Gasteiger partial charge in [0.2, 0.25) is 0 Å². The summed E-state index contributed by atoms with van der Waals surface area (Å²) in [5.74, 6) is 2.68. The maximum atomic E-state index is 5.32. The summed E-state index contributed by atoms with van der Waals surface area (Å²) in [6.07, 6.45) is 5.21. The number of hydrogen-bond donors (Lipinski definition) is 1. The second kappa shape index (κ2) is 5.67. The quantitative estimate of drug-likeness (QED) is 0.928. The number of methoxy groups -OCH3 is 1. The van der Waals surface area contributed by atoms with Gasteiger partial charge in [-0.15, -0.1) is 0 Å². The molecule has 0 radical (unpaired) electrons. The number of aryl methyl sites for hydroxylation is 1. The van der Waals surface area contributed by atoms with Crippen molar-refractivity contribution >= 4 is 0 Å². The molecule has 0 bridgehead atoms. The van der Waals surface area contributed by atoms with Gasteiger partial charge in [-0.1, -0.05) is 0 Å². The van der Waals surface area contributed by atoms with Crippen LogP contribution in [0.2, 0.25) is 0 Å². The molecule has 2 heterocycles. The van der Waals surface area contributed by atoms with Crippen LogP contribution >= 0.6 is 0 Å². The summed E-state index contributed by atoms with van der Waals surface area (Å²) < 4.78 is 7.58. The van der Waals surface area contributed by atoms with Crippen LogP contribution in [-0.2, 0) is 6.54 Å². The number of imidazole rings is 1. The lowest BCUT2D eigenvalue weighted by atomic mass is 10.1. The maximum absolute atomic E-state index is 5.32. The van der Waals surface area contributed by atoms with Crippen molar-refractivity contribution in [2.75, 3.05) is 20.2 Å². The molecule has 1 saturated heterocycles. The first-order valence-electron chi connectivity index (χ1n) is 7.15. The third kappa shape index (κ3) is 2.56. The maximum Gasteiger partial charge on any atom is 0.139 e. The molecule has 4 nitrogen and oxygen atoms in total. The molecule has 106 valence electrons. The lowest BCUT2D eigenvalue weighted by Gasteiger charge is -2.13. The number of ether oxygens (including phenoxy) is 1. The second-order valence-corrected chi connectivity index (χ2v) is 5.45. The second-order valence-electron chi connectivity index (χ2n) is 5.45. The first kappa shape index (κ1) is 13.2. The van der Waals surface area contributed by atoms with E-state index in [1.54, 1.807) is 7.11 Å². The Morgan fingerprint density at radius 2 is 2.35 bits per heavy atom. The molecule has 20 heavy (non-hydrogen) atoms. The summed E-state index contributed by atoms with van der Waals surface area (Å²) in [5, 5.41) is 3.42. The van der Waals surface area contributed by atoms with Crippen LogP contribution in [0.1, 0.15) is 12.0 Å². The van der Waals surface area contributed by atoms with E-state index in [1.807, 2.05) is 12.3 Å². The van der Waals surface area contributed by atoms with Crippen LogP contribution in [0.15, 0.2) is 30.6 Å². The van der Waals surface area contributed by atoms with Crippen molar-refractivity contribution in [2.24, 2.45) is 5.92 Å². The Balaban J connectivity index is 1.86. The van der Waals surface area contributed by atoms with Crippen molar-refractivity contribution in [2.45, 2.75) is 19.9 Å². The van der Waals surface area contributed by atoms with E-state index in [0.29, 0.717) is 5.92 Å². The summed E-state index contributed by atoms with van der Waals surface area (Å²) in [4.78, 5) is 4.53. The molecule has 0 saturated carbocycles. The number of nitrogens with zero attached hydrogens (tertiary/aromatic N) is 2. The summed E-state index contributed by atoms with van der Waals surface area (Å²) in [6.45, 7) is 5.35. The average Bonchev–Trinajstić information content (AvgIpc) is 3.11. The standard InChI is InChI=1S/C16H21N3O/c1-12-9-14(3-4-15(12)20-2)16-18-7-8-19(16)11-13-5-6-17-10-13/h3-4,7-9,13,17H,5-6,10-11H2,1-2H3. The Labute approximate surface area is 119 Å². The molecule has 1 aromatic carbocycles. The van der Waals surface area contributed by atoms with Gasteiger partial charge in [-0.3, -0.25) is 0 Å². The Hall–Kier alpha value is -1.81. The highest BCUT2D eigenvalue weighted by Crippen LogP contribution is 2.26. The van der Waals surface area contributed by atoms with Gasteiger partial charge in [0.05, 0.1) is 7.11 Å². The highest BCUT2D eigenvalue weighted by molar-refractivity contribution is 5.59. The van der Waals surface area contributed by atoms with Gasteiger partial charge in [0.15, 0.2) is 0 Å². The van der Waals surface area contributed by atoms with Gasteiger partial charge in [-0.2, -0.15) is 0 Å². The van der Waals surface area contributed by atoms with E-state index < -0.39 is 0 Å². The van der Waals surface area contributed by atoms with Gasteiger partial charge >= 0.3 is 0 Å². The van der Waals surface area contributed by atoms with Crippen molar-refractivity contribution in [3.8, 4) is 17.1 Å². The minimum Gasteiger partial charge on any atom is -0.496 e. The van der Waals surface area contributed by atoms with Gasteiger partial charge in [-0.05, 0) is 56.1 Å². The van der Waals surface area contributed by atoms with E-state index in [9.17, 15) is 0 Å². The smallest absolute Gasteiger partial charge is 0.139 e. The van der Waals surface area contributed by atoms with E-state index in [0.717, 1.165) is 42.3 Å². The lowest BCUT2D eigenvalue weighted by molar-refractivity contribution is 0.411. The molecule has 0 aliphatic carbocycles. The zero-order chi connectivity index (χ0) is 13.9. The SMILES string of the molecule is COc1ccc(-c2nccn2CC2CCNC2)cc1C. The molecular weight excluding hydrogens is 250 g/mol. The van der Waals surface area contributed by atoms with Gasteiger partial charge in [-0.25, -0.2) is 4.98 Å². The molecule has 1 aliphatic rings. The van der Waals surface area contributed by atoms with Crippen LogP contribution in [0.4, 0.5) is 0 Å². The van der Waals surface area contributed by atoms with Crippen LogP contribution in [0.25, 0.3) is 11.4 Å². The van der Waals surface area contributed by atoms with Crippen LogP contribution in [0.5, 0.6) is 5.75 Å². The van der Waals surface area contributed by atoms with Gasteiger partial charge in [0.1, 0.15) is 11.6 Å². The van der Waals surface area contributed by atoms with E-state index in [2.05, 4.69) is 40.1 Å². The van der Waals surface area contributed by atoms with Crippen molar-refractivity contribution < 1.29 is 4.74 Å². The van der Waals surface area contributed by atoms with Gasteiger partial charge < -0.3 is 14.6 Å². The molecule has 1 fully saturated rings. The van der Waals surface area contributed by atoms with Crippen molar-refractivity contribution in [1.82, 2.24) is 14.9 Å². The monoisotopic (exact) mass is 271 g/mol. The molecule has 1 N–H and O–H groups in total. The van der Waals surface area contributed by atoms with Crippen molar-refractivity contribution in [1.29, 1.82) is 0 Å². The van der Waals surface area contributed by atoms with Crippen LogP contribution < -0.4 is 10.1 Å². The Morgan fingerprint density at radius 1 is 1.45 bits per heavy atom. The molecule has 0 spiro atoms. The molecule has 1 unspecified atom stereocenters. The molecule has 1 aromatic heterocycles. The minimum atomic E-state index is 0.710. The number of aromatic nitrogens is 2. The van der Waals surface area contributed by atoms with E-state index >= 15 is 0 Å². The number of rotatable bonds is 4. The third-order valence-electron chi connectivity index (χ3n) is 3.99. The zero-order valence-corrected chi connectivity index (χ0v) is 12.1. The number of benzene rings is 1. The highest BCUT2D eigenvalue weighted by atomic mass is 16.5. The molecule has 0 amide bonds. The Bertz CT molecular complexity index is 585. The van der Waals surface area contributed by atoms with Crippen LogP contribution in [-0.4, -0.2) is 29.8 Å². The summed E-state index contributed by atoms with van der Waals surface area (Å²) in [7, 11) is 1.70. The van der Waals surface area contributed by atoms with Crippen molar-refractivity contribution in [3.05, 3.63) is 36.2 Å². The summed E-state index contributed by atoms with van der Waals surface area (Å²) in [5.41, 5.74) is 2.29. The summed E-state index contributed by atoms with van der Waals surface area (Å²) in [6, 6.07) is 6.24. The predicted molar refractivity (Wildman–Crippen MR) is 79.9 cm³/mol. The molecular formula is C16H21N3O. The van der Waals surface area contributed by atoms with E-state index in [-0.39, 0.29) is 0 Å². The molecule has 1 atom stereocenters.